The summed E-state index contributed by atoms with van der Waals surface area (Å²) in [6.07, 6.45) is 0.502. The van der Waals surface area contributed by atoms with E-state index >= 15 is 0 Å². The Morgan fingerprint density at radius 3 is 2.53 bits per heavy atom. The van der Waals surface area contributed by atoms with Crippen LogP contribution in [-0.2, 0) is 16.3 Å². The fourth-order valence-electron chi connectivity index (χ4n) is 1.22. The van der Waals surface area contributed by atoms with Gasteiger partial charge in [-0.25, -0.2) is 8.42 Å². The van der Waals surface area contributed by atoms with Crippen molar-refractivity contribution in [1.29, 1.82) is 0 Å². The third kappa shape index (κ3) is 3.63. The minimum atomic E-state index is -2.95. The third-order valence-electron chi connectivity index (χ3n) is 2.31. The van der Waals surface area contributed by atoms with E-state index < -0.39 is 9.84 Å². The monoisotopic (exact) mass is 227 g/mol. The first-order valence-corrected chi connectivity index (χ1v) is 6.77. The average molecular weight is 227 g/mol. The van der Waals surface area contributed by atoms with E-state index in [1.54, 1.807) is 13.8 Å². The fraction of sp³-hybridized carbons (Fsp3) is 0.545. The van der Waals surface area contributed by atoms with E-state index in [0.29, 0.717) is 6.42 Å². The third-order valence-corrected chi connectivity index (χ3v) is 4.52. The molecule has 1 aromatic heterocycles. The maximum atomic E-state index is 11.6. The molecular formula is C11H17NO2S. The van der Waals surface area contributed by atoms with E-state index in [4.69, 9.17) is 0 Å². The van der Waals surface area contributed by atoms with Gasteiger partial charge in [0, 0.05) is 17.8 Å². The van der Waals surface area contributed by atoms with Crippen molar-refractivity contribution in [2.75, 3.05) is 5.75 Å². The molecule has 0 saturated heterocycles. The molecule has 1 heterocycles. The molecule has 3 nitrogen and oxygen atoms in total. The summed E-state index contributed by atoms with van der Waals surface area (Å²) >= 11 is 0. The van der Waals surface area contributed by atoms with Crippen molar-refractivity contribution in [3.63, 3.8) is 0 Å². The van der Waals surface area contributed by atoms with Crippen molar-refractivity contribution in [2.45, 2.75) is 32.4 Å². The molecule has 0 bridgehead atoms. The van der Waals surface area contributed by atoms with Gasteiger partial charge in [0.15, 0.2) is 9.84 Å². The van der Waals surface area contributed by atoms with Gasteiger partial charge in [-0.1, -0.05) is 6.07 Å². The molecule has 0 saturated carbocycles. The lowest BCUT2D eigenvalue weighted by atomic mass is 10.3. The molecule has 0 amide bonds. The lowest BCUT2D eigenvalue weighted by molar-refractivity contribution is 0.586. The van der Waals surface area contributed by atoms with E-state index in [0.717, 1.165) is 11.4 Å². The van der Waals surface area contributed by atoms with Crippen LogP contribution in [-0.4, -0.2) is 24.4 Å². The van der Waals surface area contributed by atoms with Gasteiger partial charge in [0.05, 0.1) is 11.0 Å². The van der Waals surface area contributed by atoms with Gasteiger partial charge in [0.2, 0.25) is 0 Å². The Labute approximate surface area is 91.5 Å². The number of aromatic nitrogens is 1. The molecule has 0 radical (unpaired) electrons. The summed E-state index contributed by atoms with van der Waals surface area (Å²) in [7, 11) is -2.95. The van der Waals surface area contributed by atoms with Crippen molar-refractivity contribution >= 4 is 9.84 Å². The summed E-state index contributed by atoms with van der Waals surface area (Å²) in [5.41, 5.74) is 1.77. The van der Waals surface area contributed by atoms with Gasteiger partial charge in [-0.15, -0.1) is 0 Å². The van der Waals surface area contributed by atoms with Gasteiger partial charge in [0.1, 0.15) is 0 Å². The predicted octanol–water partition coefficient (Wildman–Crippen LogP) is 1.76. The van der Waals surface area contributed by atoms with Crippen LogP contribution in [0.2, 0.25) is 0 Å². The molecule has 0 aliphatic rings. The molecule has 84 valence electrons. The highest BCUT2D eigenvalue weighted by Crippen LogP contribution is 2.05. The molecule has 0 aromatic carbocycles. The van der Waals surface area contributed by atoms with Crippen molar-refractivity contribution in [2.24, 2.45) is 0 Å². The number of sulfone groups is 1. The maximum absolute atomic E-state index is 11.6. The minimum absolute atomic E-state index is 0.182. The smallest absolute Gasteiger partial charge is 0.153 e. The quantitative estimate of drug-likeness (QED) is 0.787. The number of nitrogens with zero attached hydrogens (tertiary/aromatic N) is 1. The first kappa shape index (κ1) is 12.2. The molecule has 0 aliphatic heterocycles. The van der Waals surface area contributed by atoms with Gasteiger partial charge in [0.25, 0.3) is 0 Å². The minimum Gasteiger partial charge on any atom is -0.258 e. The molecule has 0 spiro atoms. The van der Waals surface area contributed by atoms with Gasteiger partial charge >= 0.3 is 0 Å². The zero-order valence-corrected chi connectivity index (χ0v) is 10.2. The number of hydrogen-bond donors (Lipinski definition) is 0. The fourth-order valence-corrected chi connectivity index (χ4v) is 2.19. The van der Waals surface area contributed by atoms with Crippen LogP contribution in [0.15, 0.2) is 18.2 Å². The van der Waals surface area contributed by atoms with Crippen LogP contribution in [0.1, 0.15) is 25.2 Å². The highest BCUT2D eigenvalue weighted by Gasteiger charge is 2.15. The Balaban J connectivity index is 2.66. The van der Waals surface area contributed by atoms with Gasteiger partial charge in [-0.3, -0.25) is 4.98 Å². The molecule has 4 heteroatoms. The van der Waals surface area contributed by atoms with Crippen molar-refractivity contribution in [3.05, 3.63) is 29.6 Å². The SMILES string of the molecule is Cc1cccc(CCS(=O)(=O)C(C)C)n1. The molecule has 0 aliphatic carbocycles. The van der Waals surface area contributed by atoms with Crippen LogP contribution >= 0.6 is 0 Å². The second-order valence-electron chi connectivity index (χ2n) is 3.94. The Morgan fingerprint density at radius 2 is 2.00 bits per heavy atom. The van der Waals surface area contributed by atoms with Gasteiger partial charge in [-0.2, -0.15) is 0 Å². The van der Waals surface area contributed by atoms with Crippen LogP contribution in [0.5, 0.6) is 0 Å². The summed E-state index contributed by atoms with van der Waals surface area (Å²) in [6.45, 7) is 5.32. The van der Waals surface area contributed by atoms with E-state index in [-0.39, 0.29) is 11.0 Å². The van der Waals surface area contributed by atoms with Crippen molar-refractivity contribution in [3.8, 4) is 0 Å². The van der Waals surface area contributed by atoms with Gasteiger partial charge < -0.3 is 0 Å². The highest BCUT2D eigenvalue weighted by molar-refractivity contribution is 7.91. The van der Waals surface area contributed by atoms with Crippen LogP contribution < -0.4 is 0 Å². The average Bonchev–Trinajstić information content (AvgIpc) is 2.15. The van der Waals surface area contributed by atoms with Crippen LogP contribution in [0, 0.1) is 6.92 Å². The lowest BCUT2D eigenvalue weighted by Gasteiger charge is -2.07. The van der Waals surface area contributed by atoms with E-state index in [1.807, 2.05) is 25.1 Å². The first-order valence-electron chi connectivity index (χ1n) is 5.06. The number of hydrogen-bond acceptors (Lipinski definition) is 3. The van der Waals surface area contributed by atoms with Gasteiger partial charge in [-0.05, 0) is 32.9 Å². The largest absolute Gasteiger partial charge is 0.258 e. The number of aryl methyl sites for hydroxylation is 2. The Bertz CT molecular complexity index is 424. The summed E-state index contributed by atoms with van der Waals surface area (Å²) < 4.78 is 23.1. The zero-order valence-electron chi connectivity index (χ0n) is 9.40. The van der Waals surface area contributed by atoms with Crippen LogP contribution in [0.3, 0.4) is 0 Å². The van der Waals surface area contributed by atoms with Crippen molar-refractivity contribution in [1.82, 2.24) is 4.98 Å². The zero-order chi connectivity index (χ0) is 11.5. The maximum Gasteiger partial charge on any atom is 0.153 e. The van der Waals surface area contributed by atoms with E-state index in [1.165, 1.54) is 0 Å². The number of rotatable bonds is 4. The second kappa shape index (κ2) is 4.75. The standard InChI is InChI=1S/C11H17NO2S/c1-9(2)15(13,14)8-7-11-6-4-5-10(3)12-11/h4-6,9H,7-8H2,1-3H3. The molecule has 0 atom stereocenters. The Hall–Kier alpha value is -0.900. The van der Waals surface area contributed by atoms with Crippen LogP contribution in [0.25, 0.3) is 0 Å². The summed E-state index contributed by atoms with van der Waals surface area (Å²) in [4.78, 5) is 4.27. The molecule has 0 unspecified atom stereocenters. The van der Waals surface area contributed by atoms with E-state index in [9.17, 15) is 8.42 Å². The summed E-state index contributed by atoms with van der Waals surface area (Å²) in [5, 5.41) is -0.303. The molecule has 0 fully saturated rings. The predicted molar refractivity (Wildman–Crippen MR) is 61.6 cm³/mol. The van der Waals surface area contributed by atoms with Crippen LogP contribution in [0.4, 0.5) is 0 Å². The molecule has 0 N–H and O–H groups in total. The highest BCUT2D eigenvalue weighted by atomic mass is 32.2. The Kier molecular flexibility index (Phi) is 3.85. The molecule has 1 aromatic rings. The van der Waals surface area contributed by atoms with E-state index in [2.05, 4.69) is 4.98 Å². The molecule has 15 heavy (non-hydrogen) atoms. The first-order chi connectivity index (χ1) is 6.92. The molecule has 1 rings (SSSR count). The number of pyridine rings is 1. The second-order valence-corrected chi connectivity index (χ2v) is 6.61. The topological polar surface area (TPSA) is 47.0 Å². The normalized spacial score (nSPS) is 12.0. The molecular weight excluding hydrogens is 210 g/mol. The Morgan fingerprint density at radius 1 is 1.33 bits per heavy atom. The van der Waals surface area contributed by atoms with Crippen molar-refractivity contribution < 1.29 is 8.42 Å². The summed E-state index contributed by atoms with van der Waals surface area (Å²) in [5.74, 6) is 0.182. The summed E-state index contributed by atoms with van der Waals surface area (Å²) in [6, 6.07) is 5.67. The lowest BCUT2D eigenvalue weighted by Crippen LogP contribution is -2.19.